The van der Waals surface area contributed by atoms with Gasteiger partial charge in [0.1, 0.15) is 0 Å². The van der Waals surface area contributed by atoms with Crippen LogP contribution in [0.25, 0.3) is 0 Å². The summed E-state index contributed by atoms with van der Waals surface area (Å²) in [5.41, 5.74) is 0. The molecule has 0 saturated carbocycles. The molecule has 0 unspecified atom stereocenters. The zero-order chi connectivity index (χ0) is 6.24. The van der Waals surface area contributed by atoms with Crippen LogP contribution >= 0.6 is 0 Å². The number of rotatable bonds is 5. The van der Waals surface area contributed by atoms with Gasteiger partial charge in [-0.3, -0.25) is 0 Å². The predicted molar refractivity (Wildman–Crippen MR) is 33.0 cm³/mol. The van der Waals surface area contributed by atoms with Crippen LogP contribution in [0.2, 0.25) is 0 Å². The molecule has 0 fully saturated rings. The second-order valence-corrected chi connectivity index (χ2v) is 1.61. The molecule has 3 heteroatoms. The second kappa shape index (κ2) is 11.6. The molecule has 0 aromatic heterocycles. The Bertz CT molecular complexity index is 36.0. The van der Waals surface area contributed by atoms with Crippen LogP contribution in [0, 0.1) is 0 Å². The van der Waals surface area contributed by atoms with Crippen LogP contribution in [-0.2, 0) is 35.3 Å². The zero-order valence-corrected chi connectivity index (χ0v) is 8.03. The van der Waals surface area contributed by atoms with E-state index in [1.165, 1.54) is 0 Å². The van der Waals surface area contributed by atoms with Crippen molar-refractivity contribution < 1.29 is 35.3 Å². The molecule has 0 bridgehead atoms. The normalized spacial score (nSPS) is 8.67. The van der Waals surface area contributed by atoms with Crippen molar-refractivity contribution in [3.05, 3.63) is 0 Å². The molecular formula is C6H14O2Sc. The van der Waals surface area contributed by atoms with Gasteiger partial charge in [-0.05, 0) is 6.42 Å². The number of hydrogen-bond donors (Lipinski definition) is 0. The topological polar surface area (TPSA) is 18.5 Å². The summed E-state index contributed by atoms with van der Waals surface area (Å²) in [5, 5.41) is 0. The minimum absolute atomic E-state index is 0. The molecule has 0 aliphatic carbocycles. The first-order valence-electron chi connectivity index (χ1n) is 2.98. The van der Waals surface area contributed by atoms with Gasteiger partial charge in [0.05, 0.1) is 13.2 Å². The molecule has 53 valence electrons. The first kappa shape index (κ1) is 12.5. The maximum Gasteiger partial charge on any atom is 0.0700 e. The summed E-state index contributed by atoms with van der Waals surface area (Å²) < 4.78 is 9.86. The summed E-state index contributed by atoms with van der Waals surface area (Å²) in [6.45, 7) is 4.38. The van der Waals surface area contributed by atoms with Gasteiger partial charge in [0.2, 0.25) is 0 Å². The van der Waals surface area contributed by atoms with Crippen molar-refractivity contribution in [1.29, 1.82) is 0 Å². The van der Waals surface area contributed by atoms with Crippen molar-refractivity contribution in [2.45, 2.75) is 13.3 Å². The van der Waals surface area contributed by atoms with E-state index >= 15 is 0 Å². The Morgan fingerprint density at radius 2 is 1.78 bits per heavy atom. The Morgan fingerprint density at radius 3 is 2.22 bits per heavy atom. The molecule has 0 aliphatic heterocycles. The van der Waals surface area contributed by atoms with Crippen LogP contribution in [0.1, 0.15) is 13.3 Å². The van der Waals surface area contributed by atoms with Gasteiger partial charge in [0, 0.05) is 39.6 Å². The third-order valence-electron chi connectivity index (χ3n) is 0.780. The Kier molecular flexibility index (Phi) is 16.0. The fourth-order valence-electron chi connectivity index (χ4n) is 0.389. The Morgan fingerprint density at radius 1 is 1.11 bits per heavy atom. The molecule has 0 aromatic carbocycles. The SMILES string of the molecule is CCCOCCOC.[Sc]. The summed E-state index contributed by atoms with van der Waals surface area (Å²) in [7, 11) is 1.68. The van der Waals surface area contributed by atoms with Crippen molar-refractivity contribution >= 4 is 0 Å². The quantitative estimate of drug-likeness (QED) is 0.564. The fraction of sp³-hybridized carbons (Fsp3) is 1.00. The molecule has 0 aliphatic rings. The van der Waals surface area contributed by atoms with Crippen molar-refractivity contribution in [3.8, 4) is 0 Å². The van der Waals surface area contributed by atoms with Crippen LogP contribution in [0.5, 0.6) is 0 Å². The average Bonchev–Trinajstić information content (AvgIpc) is 1.81. The molecule has 0 atom stereocenters. The summed E-state index contributed by atoms with van der Waals surface area (Å²) >= 11 is 0. The summed E-state index contributed by atoms with van der Waals surface area (Å²) in [6, 6.07) is 0. The van der Waals surface area contributed by atoms with Crippen LogP contribution in [-0.4, -0.2) is 26.9 Å². The van der Waals surface area contributed by atoms with E-state index in [-0.39, 0.29) is 25.8 Å². The first-order chi connectivity index (χ1) is 3.91. The summed E-state index contributed by atoms with van der Waals surface area (Å²) in [5.74, 6) is 0. The van der Waals surface area contributed by atoms with Gasteiger partial charge in [0.25, 0.3) is 0 Å². The van der Waals surface area contributed by atoms with Crippen LogP contribution in [0.15, 0.2) is 0 Å². The number of ether oxygens (including phenoxy) is 2. The van der Waals surface area contributed by atoms with Gasteiger partial charge >= 0.3 is 0 Å². The second-order valence-electron chi connectivity index (χ2n) is 1.61. The summed E-state index contributed by atoms with van der Waals surface area (Å²) in [6.07, 6.45) is 1.09. The summed E-state index contributed by atoms with van der Waals surface area (Å²) in [4.78, 5) is 0. The Labute approximate surface area is 75.7 Å². The molecule has 2 nitrogen and oxygen atoms in total. The van der Waals surface area contributed by atoms with Gasteiger partial charge in [-0.15, -0.1) is 0 Å². The molecular weight excluding hydrogens is 149 g/mol. The van der Waals surface area contributed by atoms with Crippen LogP contribution in [0.4, 0.5) is 0 Å². The molecule has 0 spiro atoms. The Balaban J connectivity index is 0. The van der Waals surface area contributed by atoms with E-state index in [1.807, 2.05) is 0 Å². The largest absolute Gasteiger partial charge is 0.382 e. The van der Waals surface area contributed by atoms with Crippen LogP contribution in [0.3, 0.4) is 0 Å². The molecule has 0 rings (SSSR count). The molecule has 9 heavy (non-hydrogen) atoms. The molecule has 0 aromatic rings. The number of hydrogen-bond acceptors (Lipinski definition) is 2. The van der Waals surface area contributed by atoms with Crippen molar-refractivity contribution in [2.75, 3.05) is 26.9 Å². The van der Waals surface area contributed by atoms with E-state index < -0.39 is 0 Å². The van der Waals surface area contributed by atoms with Gasteiger partial charge in [-0.1, -0.05) is 6.92 Å². The predicted octanol–water partition coefficient (Wildman–Crippen LogP) is 1.06. The molecule has 0 N–H and O–H groups in total. The van der Waals surface area contributed by atoms with Gasteiger partial charge < -0.3 is 9.47 Å². The van der Waals surface area contributed by atoms with Crippen molar-refractivity contribution in [1.82, 2.24) is 0 Å². The minimum Gasteiger partial charge on any atom is -0.382 e. The first-order valence-corrected chi connectivity index (χ1v) is 2.98. The minimum atomic E-state index is 0. The average molecular weight is 163 g/mol. The van der Waals surface area contributed by atoms with E-state index in [9.17, 15) is 0 Å². The molecule has 1 radical (unpaired) electrons. The molecule has 0 saturated heterocycles. The standard InChI is InChI=1S/C6H14O2.Sc/c1-3-4-8-6-5-7-2;/h3-6H2,1-2H3;. The molecule has 0 amide bonds. The van der Waals surface area contributed by atoms with E-state index in [2.05, 4.69) is 6.92 Å². The van der Waals surface area contributed by atoms with Gasteiger partial charge in [-0.2, -0.15) is 0 Å². The van der Waals surface area contributed by atoms with E-state index in [0.717, 1.165) is 19.6 Å². The van der Waals surface area contributed by atoms with Crippen LogP contribution < -0.4 is 0 Å². The maximum atomic E-state index is 5.10. The Hall–Kier alpha value is 0.790. The fourth-order valence-corrected chi connectivity index (χ4v) is 0.389. The zero-order valence-electron chi connectivity index (χ0n) is 6.22. The monoisotopic (exact) mass is 163 g/mol. The smallest absolute Gasteiger partial charge is 0.0700 e. The van der Waals surface area contributed by atoms with Gasteiger partial charge in [0.15, 0.2) is 0 Å². The number of methoxy groups -OCH3 is 1. The van der Waals surface area contributed by atoms with Gasteiger partial charge in [-0.25, -0.2) is 0 Å². The third-order valence-corrected chi connectivity index (χ3v) is 0.780. The van der Waals surface area contributed by atoms with Crippen molar-refractivity contribution in [3.63, 3.8) is 0 Å². The van der Waals surface area contributed by atoms with Crippen molar-refractivity contribution in [2.24, 2.45) is 0 Å². The third kappa shape index (κ3) is 12.1. The van der Waals surface area contributed by atoms with E-state index in [4.69, 9.17) is 9.47 Å². The van der Waals surface area contributed by atoms with E-state index in [0.29, 0.717) is 6.61 Å². The molecule has 0 heterocycles. The van der Waals surface area contributed by atoms with E-state index in [1.54, 1.807) is 7.11 Å². The maximum absolute atomic E-state index is 5.10.